The predicted octanol–water partition coefficient (Wildman–Crippen LogP) is 2.25. The van der Waals surface area contributed by atoms with Gasteiger partial charge in [0, 0.05) is 71.4 Å². The largest absolute Gasteiger partial charge is 0.497 e. The highest BCUT2D eigenvalue weighted by Gasteiger charge is 2.17. The van der Waals surface area contributed by atoms with E-state index in [1.807, 2.05) is 19.2 Å². The molecule has 164 valence electrons. The Hall–Kier alpha value is -2.67. The molecule has 3 rings (SSSR count). The van der Waals surface area contributed by atoms with E-state index in [0.717, 1.165) is 63.9 Å². The summed E-state index contributed by atoms with van der Waals surface area (Å²) in [6, 6.07) is 12.6. The summed E-state index contributed by atoms with van der Waals surface area (Å²) in [6.07, 6.45) is 3.19. The maximum atomic E-state index is 5.25. The van der Waals surface area contributed by atoms with Crippen molar-refractivity contribution in [2.24, 2.45) is 12.0 Å². The molecule has 0 bridgehead atoms. The Morgan fingerprint density at radius 2 is 1.87 bits per heavy atom. The lowest BCUT2D eigenvalue weighted by Gasteiger charge is -2.36. The average molecular weight is 413 g/mol. The Bertz CT molecular complexity index is 792. The van der Waals surface area contributed by atoms with Gasteiger partial charge in [-0.3, -0.25) is 9.89 Å². The summed E-state index contributed by atoms with van der Waals surface area (Å²) < 4.78 is 7.40. The van der Waals surface area contributed by atoms with Gasteiger partial charge in [0.15, 0.2) is 5.96 Å². The normalized spacial score (nSPS) is 15.3. The molecule has 0 spiro atoms. The summed E-state index contributed by atoms with van der Waals surface area (Å²) in [7, 11) is 7.72. The van der Waals surface area contributed by atoms with Crippen molar-refractivity contribution in [3.63, 3.8) is 0 Å². The number of piperazine rings is 1. The minimum Gasteiger partial charge on any atom is -0.497 e. The number of nitrogens with one attached hydrogen (secondary N) is 1. The summed E-state index contributed by atoms with van der Waals surface area (Å²) >= 11 is 0. The van der Waals surface area contributed by atoms with Crippen LogP contribution in [0.3, 0.4) is 0 Å². The maximum Gasteiger partial charge on any atom is 0.193 e. The molecule has 0 atom stereocenters. The van der Waals surface area contributed by atoms with Gasteiger partial charge in [-0.2, -0.15) is 0 Å². The first-order valence-corrected chi connectivity index (χ1v) is 10.7. The SMILES string of the molecule is CN=C(NCCCN1CCN(c2ccc(OC)cc2)CC1)N(C)Cc1cccn1C. The number of methoxy groups -OCH3 is 1. The van der Waals surface area contributed by atoms with E-state index in [0.29, 0.717) is 0 Å². The van der Waals surface area contributed by atoms with E-state index in [2.05, 4.69) is 74.1 Å². The van der Waals surface area contributed by atoms with Gasteiger partial charge in [-0.1, -0.05) is 0 Å². The zero-order valence-electron chi connectivity index (χ0n) is 18.8. The Morgan fingerprint density at radius 3 is 2.47 bits per heavy atom. The van der Waals surface area contributed by atoms with Crippen molar-refractivity contribution in [3.8, 4) is 5.75 Å². The second-order valence-electron chi connectivity index (χ2n) is 7.82. The van der Waals surface area contributed by atoms with Crippen LogP contribution in [0.25, 0.3) is 0 Å². The number of rotatable bonds is 8. The monoisotopic (exact) mass is 412 g/mol. The van der Waals surface area contributed by atoms with E-state index in [1.54, 1.807) is 7.11 Å². The Morgan fingerprint density at radius 1 is 1.13 bits per heavy atom. The lowest BCUT2D eigenvalue weighted by Crippen LogP contribution is -2.47. The van der Waals surface area contributed by atoms with Crippen LogP contribution in [0, 0.1) is 0 Å². The fourth-order valence-electron chi connectivity index (χ4n) is 3.89. The molecule has 1 saturated heterocycles. The molecule has 7 heteroatoms. The summed E-state index contributed by atoms with van der Waals surface area (Å²) in [5.41, 5.74) is 2.55. The molecule has 0 unspecified atom stereocenters. The van der Waals surface area contributed by atoms with Gasteiger partial charge >= 0.3 is 0 Å². The Balaban J connectivity index is 1.35. The molecule has 2 aromatic rings. The number of hydrogen-bond donors (Lipinski definition) is 1. The smallest absolute Gasteiger partial charge is 0.193 e. The zero-order valence-corrected chi connectivity index (χ0v) is 18.8. The number of guanidine groups is 1. The van der Waals surface area contributed by atoms with Gasteiger partial charge in [0.1, 0.15) is 5.75 Å². The number of aliphatic imine (C=N–C) groups is 1. The highest BCUT2D eigenvalue weighted by atomic mass is 16.5. The van der Waals surface area contributed by atoms with E-state index < -0.39 is 0 Å². The summed E-state index contributed by atoms with van der Waals surface area (Å²) in [5, 5.41) is 3.50. The van der Waals surface area contributed by atoms with Crippen LogP contribution in [0.2, 0.25) is 0 Å². The summed E-state index contributed by atoms with van der Waals surface area (Å²) in [4.78, 5) is 11.6. The molecular weight excluding hydrogens is 376 g/mol. The van der Waals surface area contributed by atoms with Crippen molar-refractivity contribution in [3.05, 3.63) is 48.3 Å². The number of aryl methyl sites for hydroxylation is 1. The Labute approximate surface area is 180 Å². The van der Waals surface area contributed by atoms with Crippen molar-refractivity contribution < 1.29 is 4.74 Å². The quantitative estimate of drug-likeness (QED) is 0.409. The molecule has 7 nitrogen and oxygen atoms in total. The number of ether oxygens (including phenoxy) is 1. The van der Waals surface area contributed by atoms with Gasteiger partial charge in [-0.25, -0.2) is 0 Å². The molecule has 1 aliphatic heterocycles. The summed E-state index contributed by atoms with van der Waals surface area (Å²) in [5.74, 6) is 1.86. The molecule has 1 aliphatic rings. The number of nitrogens with zero attached hydrogens (tertiary/aromatic N) is 5. The lowest BCUT2D eigenvalue weighted by molar-refractivity contribution is 0.255. The topological polar surface area (TPSA) is 48.3 Å². The fourth-order valence-corrected chi connectivity index (χ4v) is 3.89. The van der Waals surface area contributed by atoms with E-state index in [9.17, 15) is 0 Å². The van der Waals surface area contributed by atoms with E-state index in [-0.39, 0.29) is 0 Å². The molecule has 1 fully saturated rings. The molecule has 1 aromatic carbocycles. The Kier molecular flexibility index (Phi) is 8.02. The second kappa shape index (κ2) is 10.9. The lowest BCUT2D eigenvalue weighted by atomic mass is 10.2. The van der Waals surface area contributed by atoms with Crippen LogP contribution in [0.4, 0.5) is 5.69 Å². The molecular formula is C23H36N6O. The highest BCUT2D eigenvalue weighted by molar-refractivity contribution is 5.79. The van der Waals surface area contributed by atoms with Crippen molar-refractivity contribution in [1.29, 1.82) is 0 Å². The van der Waals surface area contributed by atoms with E-state index >= 15 is 0 Å². The molecule has 0 radical (unpaired) electrons. The van der Waals surface area contributed by atoms with Crippen LogP contribution in [0.5, 0.6) is 5.75 Å². The van der Waals surface area contributed by atoms with Gasteiger partial charge in [0.2, 0.25) is 0 Å². The summed E-state index contributed by atoms with van der Waals surface area (Å²) in [6.45, 7) is 7.24. The van der Waals surface area contributed by atoms with Gasteiger partial charge in [0.25, 0.3) is 0 Å². The van der Waals surface area contributed by atoms with E-state index in [4.69, 9.17) is 4.74 Å². The number of benzene rings is 1. The number of anilines is 1. The van der Waals surface area contributed by atoms with Crippen LogP contribution in [0.1, 0.15) is 12.1 Å². The number of hydrogen-bond acceptors (Lipinski definition) is 4. The van der Waals surface area contributed by atoms with Gasteiger partial charge in [-0.05, 0) is 49.4 Å². The van der Waals surface area contributed by atoms with Crippen LogP contribution >= 0.6 is 0 Å². The van der Waals surface area contributed by atoms with Crippen LogP contribution < -0.4 is 15.0 Å². The highest BCUT2D eigenvalue weighted by Crippen LogP contribution is 2.20. The molecule has 1 N–H and O–H groups in total. The van der Waals surface area contributed by atoms with Crippen LogP contribution in [-0.4, -0.2) is 80.8 Å². The molecule has 1 aromatic heterocycles. The van der Waals surface area contributed by atoms with Gasteiger partial charge in [-0.15, -0.1) is 0 Å². The minimum atomic E-state index is 0.844. The molecule has 2 heterocycles. The third-order valence-corrected chi connectivity index (χ3v) is 5.77. The van der Waals surface area contributed by atoms with Crippen LogP contribution in [-0.2, 0) is 13.6 Å². The van der Waals surface area contributed by atoms with Crippen molar-refractivity contribution in [2.45, 2.75) is 13.0 Å². The van der Waals surface area contributed by atoms with Crippen molar-refractivity contribution in [1.82, 2.24) is 19.7 Å². The first kappa shape index (κ1) is 22.0. The number of aromatic nitrogens is 1. The molecule has 0 saturated carbocycles. The minimum absolute atomic E-state index is 0.844. The molecule has 30 heavy (non-hydrogen) atoms. The standard InChI is InChI=1S/C23H36N6O/c1-24-23(27(3)19-21-7-5-13-26(21)2)25-12-6-14-28-15-17-29(18-16-28)20-8-10-22(30-4)11-9-20/h5,7-11,13H,6,12,14-19H2,1-4H3,(H,24,25). The first-order chi connectivity index (χ1) is 14.6. The molecule has 0 aliphatic carbocycles. The van der Waals surface area contributed by atoms with Crippen molar-refractivity contribution >= 4 is 11.6 Å². The fraction of sp³-hybridized carbons (Fsp3) is 0.522. The molecule has 0 amide bonds. The van der Waals surface area contributed by atoms with Crippen LogP contribution in [0.15, 0.2) is 47.6 Å². The zero-order chi connectivity index (χ0) is 21.3. The van der Waals surface area contributed by atoms with E-state index in [1.165, 1.54) is 11.4 Å². The predicted molar refractivity (Wildman–Crippen MR) is 125 cm³/mol. The maximum absolute atomic E-state index is 5.25. The van der Waals surface area contributed by atoms with Gasteiger partial charge in [0.05, 0.1) is 13.7 Å². The van der Waals surface area contributed by atoms with Gasteiger partial charge < -0.3 is 24.4 Å². The average Bonchev–Trinajstić information content (AvgIpc) is 3.18. The third-order valence-electron chi connectivity index (χ3n) is 5.77. The second-order valence-corrected chi connectivity index (χ2v) is 7.82. The van der Waals surface area contributed by atoms with Crippen molar-refractivity contribution in [2.75, 3.05) is 65.4 Å². The third kappa shape index (κ3) is 5.92. The first-order valence-electron chi connectivity index (χ1n) is 10.7.